The second-order valence-corrected chi connectivity index (χ2v) is 7.08. The van der Waals surface area contributed by atoms with Crippen LogP contribution in [0.5, 0.6) is 0 Å². The largest absolute Gasteiger partial charge is 0.383 e. The molecule has 1 aromatic carbocycles. The molecule has 0 aliphatic carbocycles. The van der Waals surface area contributed by atoms with E-state index in [0.717, 1.165) is 21.2 Å². The topological polar surface area (TPSA) is 95.6 Å². The van der Waals surface area contributed by atoms with Gasteiger partial charge in [0, 0.05) is 29.1 Å². The van der Waals surface area contributed by atoms with Crippen molar-refractivity contribution in [2.75, 3.05) is 5.73 Å². The number of hydrogen-bond acceptors (Lipinski definition) is 5. The Hall–Kier alpha value is -2.48. The average Bonchev–Trinajstić information content (AvgIpc) is 3.02. The molecule has 0 atom stereocenters. The molecule has 4 N–H and O–H groups in total. The number of nitrogen functional groups attached to an aromatic ring is 1. The van der Waals surface area contributed by atoms with Crippen molar-refractivity contribution in [3.63, 3.8) is 0 Å². The Bertz CT molecular complexity index is 1110. The highest BCUT2D eigenvalue weighted by Gasteiger charge is 2.18. The van der Waals surface area contributed by atoms with Gasteiger partial charge in [-0.25, -0.2) is 15.0 Å². The molecule has 0 saturated heterocycles. The van der Waals surface area contributed by atoms with E-state index in [0.29, 0.717) is 34.4 Å². The maximum atomic E-state index is 6.14. The third-order valence-corrected chi connectivity index (χ3v) is 4.66. The molecule has 0 saturated carbocycles. The van der Waals surface area contributed by atoms with Crippen molar-refractivity contribution in [2.45, 2.75) is 6.54 Å². The average molecular weight is 430 g/mol. The number of pyridine rings is 2. The summed E-state index contributed by atoms with van der Waals surface area (Å²) in [6.07, 6.45) is 3.25. The Morgan fingerprint density at radius 3 is 2.58 bits per heavy atom. The van der Waals surface area contributed by atoms with Crippen LogP contribution in [0.3, 0.4) is 0 Å². The molecular formula is C18H14BrClN6. The van der Waals surface area contributed by atoms with Crippen molar-refractivity contribution in [1.29, 1.82) is 0 Å². The number of halogens is 2. The highest BCUT2D eigenvalue weighted by atomic mass is 79.9. The number of fused-ring (bicyclic) bond motifs is 1. The van der Waals surface area contributed by atoms with Crippen LogP contribution in [0, 0.1) is 0 Å². The molecule has 0 radical (unpaired) electrons. The fourth-order valence-corrected chi connectivity index (χ4v) is 3.25. The minimum atomic E-state index is 0.351. The maximum absolute atomic E-state index is 6.14. The number of aromatic nitrogens is 4. The molecule has 0 aliphatic heterocycles. The molecule has 0 fully saturated rings. The molecule has 0 aliphatic rings. The van der Waals surface area contributed by atoms with Gasteiger partial charge in [0.25, 0.3) is 0 Å². The third-order valence-electron chi connectivity index (χ3n) is 4.02. The van der Waals surface area contributed by atoms with Crippen molar-refractivity contribution < 1.29 is 0 Å². The van der Waals surface area contributed by atoms with E-state index in [2.05, 4.69) is 25.9 Å². The summed E-state index contributed by atoms with van der Waals surface area (Å²) in [5.74, 6) is 0.974. The van der Waals surface area contributed by atoms with Gasteiger partial charge in [-0.1, -0.05) is 23.7 Å². The van der Waals surface area contributed by atoms with E-state index in [-0.39, 0.29) is 0 Å². The molecule has 4 aromatic rings. The van der Waals surface area contributed by atoms with Crippen LogP contribution in [0.15, 0.2) is 53.3 Å². The number of hydrogen-bond donors (Lipinski definition) is 2. The smallest absolute Gasteiger partial charge is 0.165 e. The standard InChI is InChI=1S/C18H14BrClN6/c19-11-5-15-18(24-8-11)26(13-3-1-10(7-21)2-4-13)17(25-15)14-6-12(20)9-23-16(14)22/h1-6,8-9H,7,21H2,(H2,22,23). The van der Waals surface area contributed by atoms with Gasteiger partial charge in [-0.05, 0) is 45.8 Å². The van der Waals surface area contributed by atoms with Crippen LogP contribution in [-0.2, 0) is 6.54 Å². The zero-order valence-corrected chi connectivity index (χ0v) is 15.9. The summed E-state index contributed by atoms with van der Waals surface area (Å²) in [6, 6.07) is 11.6. The van der Waals surface area contributed by atoms with Crippen molar-refractivity contribution in [3.8, 4) is 17.1 Å². The number of benzene rings is 1. The van der Waals surface area contributed by atoms with Crippen molar-refractivity contribution >= 4 is 44.5 Å². The fourth-order valence-electron chi connectivity index (χ4n) is 2.78. The van der Waals surface area contributed by atoms with Gasteiger partial charge in [-0.15, -0.1) is 0 Å². The summed E-state index contributed by atoms with van der Waals surface area (Å²) in [7, 11) is 0. The summed E-state index contributed by atoms with van der Waals surface area (Å²) >= 11 is 9.58. The monoisotopic (exact) mass is 428 g/mol. The Labute approximate surface area is 163 Å². The number of rotatable bonds is 3. The SMILES string of the molecule is NCc1ccc(-n2c(-c3cc(Cl)cnc3N)nc3cc(Br)cnc32)cc1. The second-order valence-electron chi connectivity index (χ2n) is 5.72. The van der Waals surface area contributed by atoms with Gasteiger partial charge in [0.05, 0.1) is 10.6 Å². The summed E-state index contributed by atoms with van der Waals surface area (Å²) in [4.78, 5) is 13.4. The number of imidazole rings is 1. The Morgan fingerprint density at radius 2 is 1.85 bits per heavy atom. The number of anilines is 1. The first-order valence-electron chi connectivity index (χ1n) is 7.81. The van der Waals surface area contributed by atoms with Crippen LogP contribution in [0.1, 0.15) is 5.56 Å². The van der Waals surface area contributed by atoms with Gasteiger partial charge in [-0.3, -0.25) is 4.57 Å². The summed E-state index contributed by atoms with van der Waals surface area (Å²) in [5.41, 5.74) is 15.8. The van der Waals surface area contributed by atoms with E-state index < -0.39 is 0 Å². The normalized spacial score (nSPS) is 11.2. The molecule has 4 rings (SSSR count). The molecule has 3 heterocycles. The van der Waals surface area contributed by atoms with Crippen LogP contribution in [0.2, 0.25) is 5.02 Å². The minimum Gasteiger partial charge on any atom is -0.383 e. The number of nitrogens with two attached hydrogens (primary N) is 2. The van der Waals surface area contributed by atoms with Gasteiger partial charge >= 0.3 is 0 Å². The summed E-state index contributed by atoms with van der Waals surface area (Å²) in [5, 5.41) is 0.487. The van der Waals surface area contributed by atoms with Gasteiger partial charge in [0.2, 0.25) is 0 Å². The molecule has 6 nitrogen and oxygen atoms in total. The fraction of sp³-hybridized carbons (Fsp3) is 0.0556. The molecule has 130 valence electrons. The molecule has 0 bridgehead atoms. The summed E-state index contributed by atoms with van der Waals surface area (Å²) < 4.78 is 2.78. The molecular weight excluding hydrogens is 416 g/mol. The van der Waals surface area contributed by atoms with Crippen molar-refractivity contribution in [1.82, 2.24) is 19.5 Å². The highest BCUT2D eigenvalue weighted by molar-refractivity contribution is 9.10. The zero-order chi connectivity index (χ0) is 18.3. The lowest BCUT2D eigenvalue weighted by atomic mass is 10.2. The molecule has 0 unspecified atom stereocenters. The first kappa shape index (κ1) is 17.0. The van der Waals surface area contributed by atoms with E-state index in [1.54, 1.807) is 12.3 Å². The Balaban J connectivity index is 2.04. The zero-order valence-electron chi connectivity index (χ0n) is 13.5. The molecule has 26 heavy (non-hydrogen) atoms. The predicted molar refractivity (Wildman–Crippen MR) is 107 cm³/mol. The third kappa shape index (κ3) is 2.94. The van der Waals surface area contributed by atoms with E-state index in [1.807, 2.05) is 34.9 Å². The summed E-state index contributed by atoms with van der Waals surface area (Å²) in [6.45, 7) is 0.480. The quantitative estimate of drug-likeness (QED) is 0.514. The highest BCUT2D eigenvalue weighted by Crippen LogP contribution is 2.32. The van der Waals surface area contributed by atoms with Crippen molar-refractivity contribution in [2.24, 2.45) is 5.73 Å². The van der Waals surface area contributed by atoms with E-state index in [9.17, 15) is 0 Å². The minimum absolute atomic E-state index is 0.351. The van der Waals surface area contributed by atoms with Crippen molar-refractivity contribution in [3.05, 3.63) is 63.9 Å². The second kappa shape index (κ2) is 6.68. The van der Waals surface area contributed by atoms with E-state index >= 15 is 0 Å². The Morgan fingerprint density at radius 1 is 1.08 bits per heavy atom. The Kier molecular flexibility index (Phi) is 4.36. The van der Waals surface area contributed by atoms with E-state index in [4.69, 9.17) is 28.1 Å². The van der Waals surface area contributed by atoms with Crippen LogP contribution < -0.4 is 11.5 Å². The van der Waals surface area contributed by atoms with E-state index in [1.165, 1.54) is 6.20 Å². The van der Waals surface area contributed by atoms with Gasteiger partial charge in [0.15, 0.2) is 11.5 Å². The van der Waals surface area contributed by atoms with Crippen LogP contribution in [0.25, 0.3) is 28.2 Å². The number of nitrogens with zero attached hydrogens (tertiary/aromatic N) is 4. The lowest BCUT2D eigenvalue weighted by Gasteiger charge is -2.11. The van der Waals surface area contributed by atoms with Crippen LogP contribution in [-0.4, -0.2) is 19.5 Å². The first-order chi connectivity index (χ1) is 12.6. The molecule has 0 spiro atoms. The molecule has 0 amide bonds. The molecule has 8 heteroatoms. The maximum Gasteiger partial charge on any atom is 0.165 e. The van der Waals surface area contributed by atoms with Crippen LogP contribution in [0.4, 0.5) is 5.82 Å². The molecule has 3 aromatic heterocycles. The van der Waals surface area contributed by atoms with Gasteiger partial charge in [0.1, 0.15) is 11.3 Å². The lowest BCUT2D eigenvalue weighted by Crippen LogP contribution is -2.03. The van der Waals surface area contributed by atoms with Gasteiger partial charge < -0.3 is 11.5 Å². The van der Waals surface area contributed by atoms with Gasteiger partial charge in [-0.2, -0.15) is 0 Å². The lowest BCUT2D eigenvalue weighted by molar-refractivity contribution is 1.04. The first-order valence-corrected chi connectivity index (χ1v) is 8.98. The predicted octanol–water partition coefficient (Wildman–Crippen LogP) is 3.94. The van der Waals surface area contributed by atoms with Crippen LogP contribution >= 0.6 is 27.5 Å².